The molecule has 9 N–H and O–H groups in total. The summed E-state index contributed by atoms with van der Waals surface area (Å²) in [4.78, 5) is 47.7. The molecule has 14 nitrogen and oxygen atoms in total. The van der Waals surface area contributed by atoms with Gasteiger partial charge in [0.2, 0.25) is 5.78 Å². The van der Waals surface area contributed by atoms with Crippen LogP contribution >= 0.6 is 0 Å². The number of ketones is 2. The van der Waals surface area contributed by atoms with E-state index in [0.717, 1.165) is 24.3 Å². The minimum Gasteiger partial charge on any atom is -0.508 e. The highest BCUT2D eigenvalue weighted by molar-refractivity contribution is 6.24. The first-order valence-corrected chi connectivity index (χ1v) is 17.5. The van der Waals surface area contributed by atoms with Gasteiger partial charge in [-0.2, -0.15) is 0 Å². The molecule has 4 atom stereocenters. The van der Waals surface area contributed by atoms with E-state index in [1.165, 1.54) is 43.4 Å². The largest absolute Gasteiger partial charge is 0.508 e. The summed E-state index contributed by atoms with van der Waals surface area (Å²) in [6.07, 6.45) is 7.82. The van der Waals surface area contributed by atoms with Gasteiger partial charge in [0.25, 0.3) is 5.91 Å². The number of rotatable bonds is 8. The van der Waals surface area contributed by atoms with Crippen molar-refractivity contribution in [2.75, 3.05) is 46.2 Å². The summed E-state index contributed by atoms with van der Waals surface area (Å²) in [7, 11) is 6.70. The van der Waals surface area contributed by atoms with E-state index in [0.29, 0.717) is 11.3 Å². The first kappa shape index (κ1) is 34.5. The predicted molar refractivity (Wildman–Crippen MR) is 184 cm³/mol. The first-order valence-electron chi connectivity index (χ1n) is 17.5. The zero-order valence-electron chi connectivity index (χ0n) is 29.0. The molecule has 4 bridgehead atoms. The Morgan fingerprint density at radius 2 is 1.64 bits per heavy atom. The number of phenolic OH excluding ortho intramolecular Hbond substituents is 1. The van der Waals surface area contributed by atoms with Crippen molar-refractivity contribution >= 4 is 40.4 Å². The molecule has 1 aromatic rings. The molecule has 0 aliphatic heterocycles. The Morgan fingerprint density at radius 3 is 2.18 bits per heavy atom. The Balaban J connectivity index is 1.24. The number of carbonyl (C=O) groups excluding carboxylic acids is 3. The Kier molecular flexibility index (Phi) is 8.32. The van der Waals surface area contributed by atoms with Crippen LogP contribution in [0.25, 0.3) is 5.76 Å². The van der Waals surface area contributed by atoms with Crippen LogP contribution in [0.5, 0.6) is 5.75 Å². The summed E-state index contributed by atoms with van der Waals surface area (Å²) in [6, 6.07) is 0.483. The lowest BCUT2D eigenvalue weighted by atomic mass is 9.49. The molecule has 0 aromatic heterocycles. The molecule has 0 heterocycles. The van der Waals surface area contributed by atoms with Crippen molar-refractivity contribution < 1.29 is 40.0 Å². The van der Waals surface area contributed by atoms with Crippen LogP contribution in [0.15, 0.2) is 28.0 Å². The van der Waals surface area contributed by atoms with Crippen molar-refractivity contribution in [2.45, 2.75) is 63.0 Å². The standard InChI is InChI=1S/C36H48N6O8/c1-41(2)23-10-22(39-24(40-50)14-38-15-35-11-16-5-17(12-35)7-18(6-16)13-35)29(43)26-20(23)8-19-9-21-28(42(3)4)31(45)27(34(37)48)33(47)36(21,49)32(46)25(19)30(26)44/h10,16-19,21,28,38,43-44,47,49-50H,5-9,11-15H2,1-4H3,(H2,37,48)(H,39,40)/t16?,17?,18?,19?,21?,28-,35?,36-/m0/s1. The highest BCUT2D eigenvalue weighted by atomic mass is 16.5. The lowest BCUT2D eigenvalue weighted by molar-refractivity contribution is -0.153. The lowest BCUT2D eigenvalue weighted by Gasteiger charge is -2.57. The van der Waals surface area contributed by atoms with Crippen molar-refractivity contribution in [1.82, 2.24) is 15.7 Å². The topological polar surface area (TPSA) is 221 Å². The van der Waals surface area contributed by atoms with Crippen molar-refractivity contribution in [3.05, 3.63) is 34.1 Å². The molecule has 0 spiro atoms. The fraction of sp³-hybridized carbons (Fsp3) is 0.611. The molecule has 7 aliphatic rings. The number of nitrogens with one attached hydrogen (secondary N) is 2. The fourth-order valence-corrected chi connectivity index (χ4v) is 11.0. The second-order valence-corrected chi connectivity index (χ2v) is 16.2. The third-order valence-corrected chi connectivity index (χ3v) is 12.5. The van der Waals surface area contributed by atoms with Gasteiger partial charge in [0.1, 0.15) is 28.6 Å². The maximum atomic E-state index is 14.3. The molecule has 7 aliphatic carbocycles. The number of hydrogen-bond acceptors (Lipinski definition) is 12. The highest BCUT2D eigenvalue weighted by Gasteiger charge is 2.64. The number of benzene rings is 1. The summed E-state index contributed by atoms with van der Waals surface area (Å²) in [5, 5.41) is 60.0. The summed E-state index contributed by atoms with van der Waals surface area (Å²) in [6.45, 7) is 1.00. The molecule has 5 saturated carbocycles. The van der Waals surface area contributed by atoms with Gasteiger partial charge in [0.05, 0.1) is 18.2 Å². The van der Waals surface area contributed by atoms with Gasteiger partial charge >= 0.3 is 0 Å². The summed E-state index contributed by atoms with van der Waals surface area (Å²) in [5.41, 5.74) is 5.09. The van der Waals surface area contributed by atoms with Gasteiger partial charge in [0, 0.05) is 37.8 Å². The van der Waals surface area contributed by atoms with E-state index in [2.05, 4.69) is 15.8 Å². The van der Waals surface area contributed by atoms with Crippen molar-refractivity contribution in [1.29, 1.82) is 0 Å². The SMILES string of the molecule is CN(C)c1cc(N=C(CNCC23CC4CC(CC(C4)C2)C3)NO)c(O)c2c1CC1CC3[C@H](N(C)C)C(=O)C(C(N)=O)=C(O)[C@@]3(O)C(=O)C1=C2O. The molecule has 8 rings (SSSR count). The molecular weight excluding hydrogens is 644 g/mol. The number of primary amides is 1. The van der Waals surface area contributed by atoms with Crippen LogP contribution in [0.4, 0.5) is 11.4 Å². The van der Waals surface area contributed by atoms with E-state index < -0.39 is 63.8 Å². The second-order valence-electron chi connectivity index (χ2n) is 16.2. The quantitative estimate of drug-likeness (QED) is 0.0847. The van der Waals surface area contributed by atoms with Crippen LogP contribution in [-0.4, -0.2) is 107 Å². The van der Waals surface area contributed by atoms with Crippen LogP contribution in [0, 0.1) is 35.0 Å². The van der Waals surface area contributed by atoms with E-state index in [1.807, 2.05) is 0 Å². The van der Waals surface area contributed by atoms with Crippen molar-refractivity contribution in [2.24, 2.45) is 45.7 Å². The third kappa shape index (κ3) is 5.13. The number of fused-ring (bicyclic) bond motifs is 3. The van der Waals surface area contributed by atoms with Crippen LogP contribution < -0.4 is 21.4 Å². The van der Waals surface area contributed by atoms with Gasteiger partial charge in [-0.3, -0.25) is 30.0 Å². The number of Topliss-reactive ketones (excluding diaryl/α,β-unsaturated/α-hetero) is 2. The smallest absolute Gasteiger partial charge is 0.255 e. The molecule has 270 valence electrons. The number of aliphatic hydroxyl groups excluding tert-OH is 2. The molecule has 14 heteroatoms. The predicted octanol–water partition coefficient (Wildman–Crippen LogP) is 1.84. The van der Waals surface area contributed by atoms with Gasteiger partial charge in [-0.1, -0.05) is 0 Å². The van der Waals surface area contributed by atoms with Crippen LogP contribution in [-0.2, 0) is 20.8 Å². The second kappa shape index (κ2) is 12.1. The fourth-order valence-electron chi connectivity index (χ4n) is 11.0. The number of amides is 1. The third-order valence-electron chi connectivity index (χ3n) is 12.5. The van der Waals surface area contributed by atoms with Crippen LogP contribution in [0.1, 0.15) is 56.1 Å². The van der Waals surface area contributed by atoms with Crippen molar-refractivity contribution in [3.8, 4) is 5.75 Å². The number of hydroxylamine groups is 1. The molecular formula is C36H48N6O8. The molecule has 5 fully saturated rings. The average Bonchev–Trinajstić information content (AvgIpc) is 3.02. The number of aliphatic imine (C=N–C) groups is 1. The summed E-state index contributed by atoms with van der Waals surface area (Å²) in [5.74, 6) is -4.65. The Labute approximate surface area is 290 Å². The van der Waals surface area contributed by atoms with Gasteiger partial charge in [-0.25, -0.2) is 4.99 Å². The van der Waals surface area contributed by atoms with Gasteiger partial charge in [-0.15, -0.1) is 0 Å². The van der Waals surface area contributed by atoms with Gasteiger partial charge in [-0.05, 0) is 106 Å². The van der Waals surface area contributed by atoms with Gasteiger partial charge in [0.15, 0.2) is 17.1 Å². The zero-order chi connectivity index (χ0) is 36.0. The van der Waals surface area contributed by atoms with E-state index >= 15 is 0 Å². The van der Waals surface area contributed by atoms with E-state index in [9.17, 15) is 40.0 Å². The maximum Gasteiger partial charge on any atom is 0.255 e. The number of amidine groups is 1. The lowest BCUT2D eigenvalue weighted by Crippen LogP contribution is -2.65. The molecule has 2 unspecified atom stereocenters. The molecule has 0 radical (unpaired) electrons. The molecule has 50 heavy (non-hydrogen) atoms. The maximum absolute atomic E-state index is 14.3. The number of phenols is 1. The first-order chi connectivity index (χ1) is 23.6. The van der Waals surface area contributed by atoms with E-state index in [1.54, 1.807) is 39.2 Å². The summed E-state index contributed by atoms with van der Waals surface area (Å²) >= 11 is 0. The minimum atomic E-state index is -2.73. The Bertz CT molecular complexity index is 1730. The molecule has 0 saturated heterocycles. The number of nitrogens with zero attached hydrogens (tertiary/aromatic N) is 3. The Hall–Kier alpha value is -3.98. The molecule has 1 aromatic carbocycles. The van der Waals surface area contributed by atoms with E-state index in [-0.39, 0.29) is 47.5 Å². The minimum absolute atomic E-state index is 0.00667. The molecule has 1 amide bonds. The number of aliphatic hydroxyl groups is 3. The number of likely N-dealkylation sites (N-methyl/N-ethyl adjacent to an activating group) is 1. The number of carbonyl (C=O) groups is 3. The Morgan fingerprint density at radius 1 is 1.02 bits per heavy atom. The number of anilines is 1. The highest BCUT2D eigenvalue weighted by Crippen LogP contribution is 2.60. The van der Waals surface area contributed by atoms with Crippen LogP contribution in [0.2, 0.25) is 0 Å². The van der Waals surface area contributed by atoms with E-state index in [4.69, 9.17) is 5.73 Å². The number of hydrogen-bond donors (Lipinski definition) is 8. The van der Waals surface area contributed by atoms with Gasteiger partial charge < -0.3 is 36.4 Å². The zero-order valence-corrected chi connectivity index (χ0v) is 29.0. The number of aromatic hydroxyl groups is 1. The summed E-state index contributed by atoms with van der Waals surface area (Å²) < 4.78 is 0. The monoisotopic (exact) mass is 692 g/mol. The normalized spacial score (nSPS) is 34.6. The van der Waals surface area contributed by atoms with Crippen LogP contribution in [0.3, 0.4) is 0 Å². The van der Waals surface area contributed by atoms with Crippen molar-refractivity contribution in [3.63, 3.8) is 0 Å². The average molecular weight is 693 g/mol. The number of nitrogens with two attached hydrogens (primary N) is 1.